The molecule has 0 aliphatic carbocycles. The predicted molar refractivity (Wildman–Crippen MR) is 56.3 cm³/mol. The summed E-state index contributed by atoms with van der Waals surface area (Å²) in [6.45, 7) is 2.20. The molecule has 0 atom stereocenters. The summed E-state index contributed by atoms with van der Waals surface area (Å²) < 4.78 is 35.0. The van der Waals surface area contributed by atoms with E-state index >= 15 is 0 Å². The van der Waals surface area contributed by atoms with Gasteiger partial charge in [-0.2, -0.15) is 0 Å². The third-order valence-corrected chi connectivity index (χ3v) is 3.57. The quantitative estimate of drug-likeness (QED) is 0.254. The van der Waals surface area contributed by atoms with Crippen LogP contribution in [-0.2, 0) is 14.3 Å². The first-order chi connectivity index (χ1) is 6.45. The van der Waals surface area contributed by atoms with Gasteiger partial charge in [-0.05, 0) is 13.3 Å². The molecule has 0 aliphatic heterocycles. The Hall–Kier alpha value is 1.88. The van der Waals surface area contributed by atoms with E-state index in [4.69, 9.17) is 4.18 Å². The van der Waals surface area contributed by atoms with Crippen molar-refractivity contribution in [3.8, 4) is 0 Å². The van der Waals surface area contributed by atoms with E-state index in [1.165, 1.54) is 0 Å². The Bertz CT molecular complexity index is 266. The zero-order chi connectivity index (χ0) is 11.0. The smallest absolute Gasteiger partial charge is 0.748 e. The molecule has 0 aromatic heterocycles. The summed E-state index contributed by atoms with van der Waals surface area (Å²) in [4.78, 5) is 10.9. The van der Waals surface area contributed by atoms with E-state index < -0.39 is 15.9 Å². The van der Waals surface area contributed by atoms with Crippen LogP contribution in [0, 0.1) is 0 Å². The Kier molecular flexibility index (Phi) is 14.1. The first-order valence-electron chi connectivity index (χ1n) is 3.85. The van der Waals surface area contributed by atoms with E-state index in [0.717, 1.165) is 23.8 Å². The fraction of sp³-hybridized carbons (Fsp3) is 0.833. The van der Waals surface area contributed by atoms with E-state index in [0.29, 0.717) is 12.4 Å². The largest absolute Gasteiger partial charge is 1.00 e. The van der Waals surface area contributed by atoms with Crippen molar-refractivity contribution in [1.29, 1.82) is 0 Å². The molecule has 5 nitrogen and oxygen atoms in total. The van der Waals surface area contributed by atoms with E-state index in [-0.39, 0.29) is 62.3 Å². The molecule has 0 N–H and O–H groups in total. The summed E-state index contributed by atoms with van der Waals surface area (Å²) in [7, 11) is -4.15. The molecular formula is C6H11KO5S3. The van der Waals surface area contributed by atoms with Gasteiger partial charge in [0.1, 0.15) is 0 Å². The number of carbonyl (C=O) groups excluding carboxylic acids is 1. The molecule has 0 amide bonds. The van der Waals surface area contributed by atoms with Gasteiger partial charge in [-0.1, -0.05) is 11.8 Å². The van der Waals surface area contributed by atoms with Crippen molar-refractivity contribution < 1.29 is 73.3 Å². The summed E-state index contributed by atoms with van der Waals surface area (Å²) >= 11 is 1.68. The van der Waals surface area contributed by atoms with Crippen LogP contribution in [0.3, 0.4) is 0 Å². The van der Waals surface area contributed by atoms with Crippen molar-refractivity contribution in [3.63, 3.8) is 0 Å². The molecule has 0 aromatic carbocycles. The molecule has 0 fully saturated rings. The second kappa shape index (κ2) is 11.0. The standard InChI is InChI=1S/C6H12O5S3.K/c1-2-11-13-6(7)12-4-3-5-14(8,9)10;/h2-5H2,1H3,(H,8,9,10);/q;+1/p-1. The maximum absolute atomic E-state index is 10.9. The van der Waals surface area contributed by atoms with Crippen LogP contribution in [0.5, 0.6) is 0 Å². The molecule has 0 aromatic rings. The van der Waals surface area contributed by atoms with Gasteiger partial charge in [0, 0.05) is 11.5 Å². The number of rotatable bonds is 6. The van der Waals surface area contributed by atoms with Crippen LogP contribution in [0.25, 0.3) is 0 Å². The van der Waals surface area contributed by atoms with Gasteiger partial charge in [0.25, 0.3) is 4.45 Å². The Labute approximate surface area is 141 Å². The van der Waals surface area contributed by atoms with E-state index in [1.54, 1.807) is 6.92 Å². The van der Waals surface area contributed by atoms with E-state index in [9.17, 15) is 17.8 Å². The second-order valence-corrected chi connectivity index (χ2v) is 5.83. The molecule has 0 rings (SSSR count). The zero-order valence-corrected chi connectivity index (χ0v) is 14.2. The van der Waals surface area contributed by atoms with Crippen LogP contribution in [0.15, 0.2) is 0 Å². The van der Waals surface area contributed by atoms with Gasteiger partial charge in [0.15, 0.2) is 0 Å². The minimum absolute atomic E-state index is 0. The van der Waals surface area contributed by atoms with E-state index in [2.05, 4.69) is 0 Å². The van der Waals surface area contributed by atoms with Gasteiger partial charge in [-0.25, -0.2) is 8.42 Å². The molecule has 0 unspecified atom stereocenters. The van der Waals surface area contributed by atoms with Crippen molar-refractivity contribution >= 4 is 38.4 Å². The van der Waals surface area contributed by atoms with Crippen LogP contribution < -0.4 is 51.4 Å². The number of thioether (sulfide) groups is 1. The summed E-state index contributed by atoms with van der Waals surface area (Å²) in [6, 6.07) is 0. The van der Waals surface area contributed by atoms with Crippen molar-refractivity contribution in [3.05, 3.63) is 0 Å². The Morgan fingerprint density at radius 1 is 1.47 bits per heavy atom. The number of hydrogen-bond acceptors (Lipinski definition) is 7. The number of carbonyl (C=O) groups is 1. The second-order valence-electron chi connectivity index (χ2n) is 2.20. The van der Waals surface area contributed by atoms with Crippen molar-refractivity contribution in [1.82, 2.24) is 0 Å². The predicted octanol–water partition coefficient (Wildman–Crippen LogP) is -1.54. The SMILES string of the molecule is CCOSC(=O)SCCCS(=O)(=O)[O-].[K+]. The van der Waals surface area contributed by atoms with Gasteiger partial charge < -0.3 is 8.74 Å². The monoisotopic (exact) mass is 298 g/mol. The molecule has 0 saturated carbocycles. The topological polar surface area (TPSA) is 83.5 Å². The molecule has 0 saturated heterocycles. The molecular weight excluding hydrogens is 287 g/mol. The minimum Gasteiger partial charge on any atom is -0.748 e. The summed E-state index contributed by atoms with van der Waals surface area (Å²) in [5.74, 6) is -0.104. The van der Waals surface area contributed by atoms with Crippen LogP contribution in [0.1, 0.15) is 13.3 Å². The van der Waals surface area contributed by atoms with Gasteiger partial charge in [0.05, 0.1) is 28.8 Å². The Balaban J connectivity index is 0. The molecule has 15 heavy (non-hydrogen) atoms. The third kappa shape index (κ3) is 15.9. The molecule has 0 radical (unpaired) electrons. The maximum Gasteiger partial charge on any atom is 1.00 e. The zero-order valence-electron chi connectivity index (χ0n) is 8.59. The molecule has 0 spiro atoms. The summed E-state index contributed by atoms with van der Waals surface area (Å²) in [5, 5.41) is 0. The maximum atomic E-state index is 10.9. The molecule has 0 heterocycles. The van der Waals surface area contributed by atoms with Crippen molar-refractivity contribution in [2.24, 2.45) is 0 Å². The van der Waals surface area contributed by atoms with Crippen LogP contribution in [-0.4, -0.2) is 35.5 Å². The number of hydrogen-bond donors (Lipinski definition) is 0. The van der Waals surface area contributed by atoms with Gasteiger partial charge in [-0.15, -0.1) is 0 Å². The van der Waals surface area contributed by atoms with Crippen LogP contribution in [0.4, 0.5) is 4.79 Å². The van der Waals surface area contributed by atoms with Gasteiger partial charge >= 0.3 is 51.4 Å². The Morgan fingerprint density at radius 2 is 2.07 bits per heavy atom. The molecule has 9 heteroatoms. The normalized spacial score (nSPS) is 10.8. The van der Waals surface area contributed by atoms with Crippen molar-refractivity contribution in [2.75, 3.05) is 18.1 Å². The fourth-order valence-electron chi connectivity index (χ4n) is 0.522. The minimum atomic E-state index is -4.15. The first-order valence-corrected chi connectivity index (χ1v) is 7.16. The third-order valence-electron chi connectivity index (χ3n) is 1.00. The van der Waals surface area contributed by atoms with Crippen LogP contribution >= 0.6 is 23.8 Å². The average molecular weight is 298 g/mol. The summed E-state index contributed by atoms with van der Waals surface area (Å²) in [6.07, 6.45) is 0.189. The fourth-order valence-corrected chi connectivity index (χ4v) is 2.46. The van der Waals surface area contributed by atoms with E-state index in [1.807, 2.05) is 0 Å². The first kappa shape index (κ1) is 19.2. The Morgan fingerprint density at radius 3 is 2.53 bits per heavy atom. The molecule has 84 valence electrons. The van der Waals surface area contributed by atoms with Crippen molar-refractivity contribution in [2.45, 2.75) is 13.3 Å². The molecule has 0 bridgehead atoms. The van der Waals surface area contributed by atoms with Gasteiger partial charge in [0.2, 0.25) is 0 Å². The summed E-state index contributed by atoms with van der Waals surface area (Å²) in [5.41, 5.74) is 0. The molecule has 0 aliphatic rings. The van der Waals surface area contributed by atoms with Crippen LogP contribution in [0.2, 0.25) is 0 Å². The van der Waals surface area contributed by atoms with Gasteiger partial charge in [-0.3, -0.25) is 4.79 Å². The average Bonchev–Trinajstić information content (AvgIpc) is 2.07.